The number of hydrogen-bond acceptors (Lipinski definition) is 10. The van der Waals surface area contributed by atoms with Gasteiger partial charge in [-0.1, -0.05) is 0 Å². The van der Waals surface area contributed by atoms with Crippen LogP contribution < -0.4 is 10.5 Å². The van der Waals surface area contributed by atoms with Crippen LogP contribution in [-0.4, -0.2) is 52.8 Å². The molecule has 0 spiro atoms. The molecule has 1 aromatic carbocycles. The van der Waals surface area contributed by atoms with E-state index < -0.39 is 45.0 Å². The summed E-state index contributed by atoms with van der Waals surface area (Å²) in [5.74, 6) is -2.27. The van der Waals surface area contributed by atoms with Crippen molar-refractivity contribution in [1.82, 2.24) is 14.1 Å². The van der Waals surface area contributed by atoms with Crippen molar-refractivity contribution in [1.29, 1.82) is 0 Å². The van der Waals surface area contributed by atoms with Gasteiger partial charge in [-0.3, -0.25) is 24.1 Å². The molecule has 0 fully saturated rings. The Kier molecular flexibility index (Phi) is 6.74. The van der Waals surface area contributed by atoms with Crippen molar-refractivity contribution >= 4 is 43.6 Å². The van der Waals surface area contributed by atoms with Crippen LogP contribution in [-0.2, 0) is 26.2 Å². The minimum absolute atomic E-state index is 0.117. The summed E-state index contributed by atoms with van der Waals surface area (Å²) in [5.41, 5.74) is 6.11. The number of hydrogen-bond donors (Lipinski definition) is 2. The summed E-state index contributed by atoms with van der Waals surface area (Å²) in [7, 11) is -4.05. The topological polar surface area (TPSA) is 176 Å². The van der Waals surface area contributed by atoms with E-state index in [0.717, 1.165) is 0 Å². The minimum Gasteiger partial charge on any atom is -0.460 e. The number of ketones is 1. The molecule has 164 valence electrons. The van der Waals surface area contributed by atoms with E-state index in [4.69, 9.17) is 10.5 Å². The number of carbonyl (C=O) groups excluding carboxylic acids is 2. The second kappa shape index (κ2) is 9.30. The lowest BCUT2D eigenvalue weighted by Crippen LogP contribution is -2.43. The predicted molar refractivity (Wildman–Crippen MR) is 110 cm³/mol. The number of sulfonamides is 1. The highest BCUT2D eigenvalue weighted by atomic mass is 32.2. The summed E-state index contributed by atoms with van der Waals surface area (Å²) in [5, 5.41) is 12.4. The second-order valence-electron chi connectivity index (χ2n) is 6.37. The fraction of sp³-hybridized carbons (Fsp3) is 0.235. The molecule has 0 aliphatic rings. The molecule has 3 rings (SSSR count). The Hall–Kier alpha value is -3.20. The third kappa shape index (κ3) is 5.69. The highest BCUT2D eigenvalue weighted by molar-refractivity contribution is 7.89. The van der Waals surface area contributed by atoms with Crippen LogP contribution in [0.15, 0.2) is 42.2 Å². The van der Waals surface area contributed by atoms with Crippen LogP contribution in [0.2, 0.25) is 0 Å². The molecule has 31 heavy (non-hydrogen) atoms. The van der Waals surface area contributed by atoms with Gasteiger partial charge in [0.2, 0.25) is 10.0 Å². The Morgan fingerprint density at radius 3 is 2.71 bits per heavy atom. The minimum atomic E-state index is -4.05. The number of aromatic nitrogens is 2. The van der Waals surface area contributed by atoms with Gasteiger partial charge in [-0.05, 0) is 17.7 Å². The van der Waals surface area contributed by atoms with Crippen LogP contribution in [0.5, 0.6) is 0 Å². The van der Waals surface area contributed by atoms with E-state index in [2.05, 4.69) is 9.71 Å². The normalized spacial score (nSPS) is 12.5. The zero-order valence-electron chi connectivity index (χ0n) is 15.8. The Labute approximate surface area is 179 Å². The summed E-state index contributed by atoms with van der Waals surface area (Å²) in [6.45, 7) is -0.759. The SMILES string of the molecule is NC(CS(=O)(=O)NCC(=O)c1ncn2ccsc12)C(=O)OCc1ccc([N+](=O)[O-])cc1. The third-order valence-electron chi connectivity index (χ3n) is 4.10. The number of thiazole rings is 1. The van der Waals surface area contributed by atoms with Gasteiger partial charge in [-0.2, -0.15) is 0 Å². The van der Waals surface area contributed by atoms with Gasteiger partial charge < -0.3 is 10.5 Å². The number of nitrogens with one attached hydrogen (secondary N) is 1. The first-order valence-electron chi connectivity index (χ1n) is 8.72. The number of nitro groups is 1. The van der Waals surface area contributed by atoms with Gasteiger partial charge in [0, 0.05) is 23.7 Å². The maximum absolute atomic E-state index is 12.2. The molecule has 0 saturated heterocycles. The van der Waals surface area contributed by atoms with E-state index in [1.807, 2.05) is 0 Å². The molecule has 0 saturated carbocycles. The highest BCUT2D eigenvalue weighted by Gasteiger charge is 2.25. The second-order valence-corrected chi connectivity index (χ2v) is 9.12. The molecule has 3 N–H and O–H groups in total. The number of rotatable bonds is 10. The molecule has 14 heteroatoms. The molecule has 0 aliphatic carbocycles. The molecule has 0 aliphatic heterocycles. The predicted octanol–water partition coefficient (Wildman–Crippen LogP) is 0.477. The van der Waals surface area contributed by atoms with E-state index in [0.29, 0.717) is 10.4 Å². The Morgan fingerprint density at radius 2 is 2.03 bits per heavy atom. The quantitative estimate of drug-likeness (QED) is 0.186. The molecular weight excluding hydrogens is 450 g/mol. The molecule has 2 heterocycles. The third-order valence-corrected chi connectivity index (χ3v) is 6.36. The molecular formula is C17H17N5O7S2. The van der Waals surface area contributed by atoms with Gasteiger partial charge in [0.15, 0.2) is 5.78 Å². The number of non-ortho nitro benzene ring substituents is 1. The van der Waals surface area contributed by atoms with Crippen molar-refractivity contribution in [2.24, 2.45) is 5.73 Å². The molecule has 0 radical (unpaired) electrons. The van der Waals surface area contributed by atoms with E-state index in [1.54, 1.807) is 16.0 Å². The van der Waals surface area contributed by atoms with Crippen molar-refractivity contribution in [2.75, 3.05) is 12.3 Å². The fourth-order valence-electron chi connectivity index (χ4n) is 2.52. The van der Waals surface area contributed by atoms with Crippen molar-refractivity contribution in [2.45, 2.75) is 12.6 Å². The number of Topliss-reactive ketones (excluding diaryl/α,β-unsaturated/α-hetero) is 1. The number of esters is 1. The number of nitro benzene ring substituents is 1. The maximum atomic E-state index is 12.2. The van der Waals surface area contributed by atoms with Crippen LogP contribution in [0.1, 0.15) is 16.1 Å². The fourth-order valence-corrected chi connectivity index (χ4v) is 4.43. The van der Waals surface area contributed by atoms with Crippen molar-refractivity contribution < 1.29 is 27.7 Å². The van der Waals surface area contributed by atoms with E-state index in [-0.39, 0.29) is 18.0 Å². The summed E-state index contributed by atoms with van der Waals surface area (Å²) in [6.07, 6.45) is 3.17. The van der Waals surface area contributed by atoms with Crippen LogP contribution in [0, 0.1) is 10.1 Å². The van der Waals surface area contributed by atoms with E-state index >= 15 is 0 Å². The summed E-state index contributed by atoms with van der Waals surface area (Å²) in [4.78, 5) is 38.9. The number of ether oxygens (including phenoxy) is 1. The van der Waals surface area contributed by atoms with Crippen molar-refractivity contribution in [3.8, 4) is 0 Å². The average Bonchev–Trinajstić information content (AvgIpc) is 3.34. The Morgan fingerprint density at radius 1 is 1.32 bits per heavy atom. The van der Waals surface area contributed by atoms with E-state index in [1.165, 1.54) is 41.9 Å². The van der Waals surface area contributed by atoms with Gasteiger partial charge in [0.1, 0.15) is 29.5 Å². The average molecular weight is 467 g/mol. The van der Waals surface area contributed by atoms with Gasteiger partial charge >= 0.3 is 5.97 Å². The summed E-state index contributed by atoms with van der Waals surface area (Å²) in [6, 6.07) is 3.82. The number of nitrogens with zero attached hydrogens (tertiary/aromatic N) is 3. The first kappa shape index (κ1) is 22.5. The van der Waals surface area contributed by atoms with Crippen molar-refractivity contribution in [3.63, 3.8) is 0 Å². The molecule has 0 bridgehead atoms. The van der Waals surface area contributed by atoms with Crippen LogP contribution in [0.3, 0.4) is 0 Å². The molecule has 3 aromatic rings. The Bertz CT molecular complexity index is 1220. The lowest BCUT2D eigenvalue weighted by atomic mass is 10.2. The van der Waals surface area contributed by atoms with Gasteiger partial charge in [-0.25, -0.2) is 18.1 Å². The molecule has 0 amide bonds. The van der Waals surface area contributed by atoms with Crippen LogP contribution in [0.4, 0.5) is 5.69 Å². The summed E-state index contributed by atoms with van der Waals surface area (Å²) >= 11 is 1.29. The number of nitrogens with two attached hydrogens (primary N) is 1. The number of fused-ring (bicyclic) bond motifs is 1. The largest absolute Gasteiger partial charge is 0.460 e. The number of carbonyl (C=O) groups is 2. The van der Waals surface area contributed by atoms with Crippen LogP contribution >= 0.6 is 11.3 Å². The standard InChI is InChI=1S/C17H17N5O7S2/c18-13(17(24)29-8-11-1-3-12(4-2-11)22(25)26)9-31(27,28)20-7-14(23)15-16-21(10-19-15)5-6-30-16/h1-6,10,13,20H,7-9,18H2. The van der Waals surface area contributed by atoms with Gasteiger partial charge in [-0.15, -0.1) is 11.3 Å². The number of imidazole rings is 1. The molecule has 12 nitrogen and oxygen atoms in total. The molecule has 1 atom stereocenters. The smallest absolute Gasteiger partial charge is 0.324 e. The monoisotopic (exact) mass is 467 g/mol. The summed E-state index contributed by atoms with van der Waals surface area (Å²) < 4.78 is 33.0. The van der Waals surface area contributed by atoms with Crippen molar-refractivity contribution in [3.05, 3.63) is 63.5 Å². The van der Waals surface area contributed by atoms with Gasteiger partial charge in [0.25, 0.3) is 5.69 Å². The van der Waals surface area contributed by atoms with Gasteiger partial charge in [0.05, 0.1) is 17.2 Å². The zero-order chi connectivity index (χ0) is 22.6. The molecule has 1 unspecified atom stereocenters. The lowest BCUT2D eigenvalue weighted by Gasteiger charge is -2.12. The highest BCUT2D eigenvalue weighted by Crippen LogP contribution is 2.16. The Balaban J connectivity index is 1.49. The maximum Gasteiger partial charge on any atom is 0.324 e. The first-order chi connectivity index (χ1) is 14.7. The molecule has 2 aromatic heterocycles. The number of benzene rings is 1. The van der Waals surface area contributed by atoms with E-state index in [9.17, 15) is 28.1 Å². The first-order valence-corrected chi connectivity index (χ1v) is 11.3. The lowest BCUT2D eigenvalue weighted by molar-refractivity contribution is -0.384. The van der Waals surface area contributed by atoms with Crippen LogP contribution in [0.25, 0.3) is 4.83 Å². The zero-order valence-corrected chi connectivity index (χ0v) is 17.5.